The number of carbonyl (C=O) groups excluding carboxylic acids is 2. The van der Waals surface area contributed by atoms with Crippen LogP contribution in [0.4, 0.5) is 5.82 Å². The lowest BCUT2D eigenvalue weighted by atomic mass is 10.1. The van der Waals surface area contributed by atoms with Crippen molar-refractivity contribution < 1.29 is 9.59 Å². The Labute approximate surface area is 144 Å². The SMILES string of the molecule is Cn1nc(NC(=O)C2CC2)c2c1CCN(C(=O)Cc1ccsc1)C2. The molecule has 0 aromatic carbocycles. The lowest BCUT2D eigenvalue weighted by Crippen LogP contribution is -2.37. The number of nitrogens with zero attached hydrogens (tertiary/aromatic N) is 3. The van der Waals surface area contributed by atoms with Gasteiger partial charge in [0.25, 0.3) is 0 Å². The van der Waals surface area contributed by atoms with E-state index in [1.54, 1.807) is 11.3 Å². The van der Waals surface area contributed by atoms with Gasteiger partial charge >= 0.3 is 0 Å². The summed E-state index contributed by atoms with van der Waals surface area (Å²) < 4.78 is 1.83. The molecular weight excluding hydrogens is 324 g/mol. The number of carbonyl (C=O) groups is 2. The summed E-state index contributed by atoms with van der Waals surface area (Å²) in [5.74, 6) is 0.944. The van der Waals surface area contributed by atoms with Crippen molar-refractivity contribution >= 4 is 29.0 Å². The van der Waals surface area contributed by atoms with Crippen molar-refractivity contribution in [3.05, 3.63) is 33.6 Å². The number of aromatic nitrogens is 2. The van der Waals surface area contributed by atoms with E-state index in [2.05, 4.69) is 10.4 Å². The predicted molar refractivity (Wildman–Crippen MR) is 91.7 cm³/mol. The molecule has 3 heterocycles. The van der Waals surface area contributed by atoms with E-state index in [4.69, 9.17) is 0 Å². The average molecular weight is 344 g/mol. The van der Waals surface area contributed by atoms with Gasteiger partial charge in [-0.15, -0.1) is 0 Å². The molecule has 2 aromatic heterocycles. The first-order chi connectivity index (χ1) is 11.6. The second kappa shape index (κ2) is 6.05. The van der Waals surface area contributed by atoms with Gasteiger partial charge in [0.2, 0.25) is 11.8 Å². The summed E-state index contributed by atoms with van der Waals surface area (Å²) >= 11 is 1.61. The molecule has 1 fully saturated rings. The van der Waals surface area contributed by atoms with E-state index in [-0.39, 0.29) is 17.7 Å². The molecule has 2 amide bonds. The van der Waals surface area contributed by atoms with Crippen LogP contribution in [0.1, 0.15) is 29.7 Å². The van der Waals surface area contributed by atoms with Crippen LogP contribution < -0.4 is 5.32 Å². The van der Waals surface area contributed by atoms with Gasteiger partial charge < -0.3 is 10.2 Å². The summed E-state index contributed by atoms with van der Waals surface area (Å²) in [4.78, 5) is 26.5. The second-order valence-electron chi connectivity index (χ2n) is 6.53. The number of amides is 2. The maximum absolute atomic E-state index is 12.5. The third kappa shape index (κ3) is 2.96. The lowest BCUT2D eigenvalue weighted by molar-refractivity contribution is -0.131. The van der Waals surface area contributed by atoms with Gasteiger partial charge in [-0.2, -0.15) is 16.4 Å². The van der Waals surface area contributed by atoms with Crippen LogP contribution in [0.2, 0.25) is 0 Å². The monoisotopic (exact) mass is 344 g/mol. The molecule has 24 heavy (non-hydrogen) atoms. The molecule has 2 aliphatic rings. The molecule has 0 atom stereocenters. The molecule has 1 N–H and O–H groups in total. The minimum absolute atomic E-state index is 0.0534. The average Bonchev–Trinajstić information content (AvgIpc) is 3.23. The fourth-order valence-electron chi connectivity index (χ4n) is 3.15. The van der Waals surface area contributed by atoms with E-state index in [0.29, 0.717) is 25.3 Å². The van der Waals surface area contributed by atoms with Crippen molar-refractivity contribution in [2.45, 2.75) is 32.2 Å². The van der Waals surface area contributed by atoms with Crippen molar-refractivity contribution in [1.29, 1.82) is 0 Å². The molecule has 2 aromatic rings. The summed E-state index contributed by atoms with van der Waals surface area (Å²) in [6.45, 7) is 1.22. The molecule has 1 aliphatic heterocycles. The molecule has 0 saturated heterocycles. The fraction of sp³-hybridized carbons (Fsp3) is 0.471. The van der Waals surface area contributed by atoms with Crippen molar-refractivity contribution in [2.75, 3.05) is 11.9 Å². The quantitative estimate of drug-likeness (QED) is 0.922. The van der Waals surface area contributed by atoms with Gasteiger partial charge in [-0.3, -0.25) is 14.3 Å². The second-order valence-corrected chi connectivity index (χ2v) is 7.31. The zero-order chi connectivity index (χ0) is 16.7. The minimum atomic E-state index is 0.0534. The number of aryl methyl sites for hydroxylation is 1. The molecule has 126 valence electrons. The molecular formula is C17H20N4O2S. The third-order valence-electron chi connectivity index (χ3n) is 4.72. The molecule has 4 rings (SSSR count). The fourth-order valence-corrected chi connectivity index (χ4v) is 3.82. The van der Waals surface area contributed by atoms with Crippen molar-refractivity contribution in [2.24, 2.45) is 13.0 Å². The predicted octanol–water partition coefficient (Wildman–Crippen LogP) is 1.96. The smallest absolute Gasteiger partial charge is 0.228 e. The molecule has 0 spiro atoms. The highest BCUT2D eigenvalue weighted by atomic mass is 32.1. The van der Waals surface area contributed by atoms with Crippen LogP contribution in [0.25, 0.3) is 0 Å². The normalized spacial score (nSPS) is 16.8. The molecule has 7 heteroatoms. The Balaban J connectivity index is 1.50. The van der Waals surface area contributed by atoms with Gasteiger partial charge in [0.15, 0.2) is 5.82 Å². The van der Waals surface area contributed by atoms with E-state index < -0.39 is 0 Å². The maximum Gasteiger partial charge on any atom is 0.228 e. The van der Waals surface area contributed by atoms with Gasteiger partial charge in [-0.05, 0) is 35.2 Å². The number of rotatable bonds is 4. The Morgan fingerprint density at radius 3 is 2.96 bits per heavy atom. The molecule has 0 unspecified atom stereocenters. The van der Waals surface area contributed by atoms with Crippen LogP contribution >= 0.6 is 11.3 Å². The zero-order valence-corrected chi connectivity index (χ0v) is 14.4. The van der Waals surface area contributed by atoms with Crippen molar-refractivity contribution in [3.8, 4) is 0 Å². The number of nitrogens with one attached hydrogen (secondary N) is 1. The van der Waals surface area contributed by atoms with Crippen molar-refractivity contribution in [3.63, 3.8) is 0 Å². The number of anilines is 1. The van der Waals surface area contributed by atoms with Gasteiger partial charge in [-0.25, -0.2) is 0 Å². The Morgan fingerprint density at radius 2 is 2.25 bits per heavy atom. The number of fused-ring (bicyclic) bond motifs is 1. The molecule has 0 bridgehead atoms. The number of hydrogen-bond acceptors (Lipinski definition) is 4. The molecule has 6 nitrogen and oxygen atoms in total. The van der Waals surface area contributed by atoms with E-state index in [1.807, 2.05) is 33.5 Å². The highest BCUT2D eigenvalue weighted by Gasteiger charge is 2.32. The Morgan fingerprint density at radius 1 is 1.42 bits per heavy atom. The van der Waals surface area contributed by atoms with Crippen LogP contribution in [0.3, 0.4) is 0 Å². The third-order valence-corrected chi connectivity index (χ3v) is 5.45. The topological polar surface area (TPSA) is 67.2 Å². The maximum atomic E-state index is 12.5. The standard InChI is InChI=1S/C17H20N4O2S/c1-20-14-4-6-21(15(22)8-11-5-7-24-10-11)9-13(14)16(19-20)18-17(23)12-2-3-12/h5,7,10,12H,2-4,6,8-9H2,1H3,(H,18,19,23). The first kappa shape index (κ1) is 15.4. The van der Waals surface area contributed by atoms with Crippen molar-refractivity contribution in [1.82, 2.24) is 14.7 Å². The van der Waals surface area contributed by atoms with E-state index in [0.717, 1.165) is 36.1 Å². The summed E-state index contributed by atoms with van der Waals surface area (Å²) in [5.41, 5.74) is 3.15. The van der Waals surface area contributed by atoms with E-state index >= 15 is 0 Å². The molecule has 0 radical (unpaired) electrons. The summed E-state index contributed by atoms with van der Waals surface area (Å²) in [6, 6.07) is 1.99. The highest BCUT2D eigenvalue weighted by molar-refractivity contribution is 7.08. The van der Waals surface area contributed by atoms with Gasteiger partial charge in [-0.1, -0.05) is 0 Å². The van der Waals surface area contributed by atoms with E-state index in [1.165, 1.54) is 0 Å². The van der Waals surface area contributed by atoms with Crippen LogP contribution in [0.15, 0.2) is 16.8 Å². The number of thiophene rings is 1. The molecule has 1 saturated carbocycles. The summed E-state index contributed by atoms with van der Waals surface area (Å²) in [5, 5.41) is 11.4. The largest absolute Gasteiger partial charge is 0.337 e. The number of hydrogen-bond donors (Lipinski definition) is 1. The van der Waals surface area contributed by atoms with Crippen LogP contribution in [0.5, 0.6) is 0 Å². The molecule has 1 aliphatic carbocycles. The zero-order valence-electron chi connectivity index (χ0n) is 13.6. The first-order valence-corrected chi connectivity index (χ1v) is 9.20. The minimum Gasteiger partial charge on any atom is -0.337 e. The summed E-state index contributed by atoms with van der Waals surface area (Å²) in [6.07, 6.45) is 3.13. The lowest BCUT2D eigenvalue weighted by Gasteiger charge is -2.27. The Bertz CT molecular complexity index is 777. The van der Waals surface area contributed by atoms with Gasteiger partial charge in [0.05, 0.1) is 13.0 Å². The summed E-state index contributed by atoms with van der Waals surface area (Å²) in [7, 11) is 1.90. The van der Waals surface area contributed by atoms with E-state index in [9.17, 15) is 9.59 Å². The van der Waals surface area contributed by atoms with Gasteiger partial charge in [0, 0.05) is 37.2 Å². The highest BCUT2D eigenvalue weighted by Crippen LogP contribution is 2.32. The Kier molecular flexibility index (Phi) is 3.88. The van der Waals surface area contributed by atoms with Gasteiger partial charge in [0.1, 0.15) is 0 Å². The van der Waals surface area contributed by atoms with Crippen LogP contribution in [-0.4, -0.2) is 33.0 Å². The Hall–Kier alpha value is -2.15. The first-order valence-electron chi connectivity index (χ1n) is 8.26. The van der Waals surface area contributed by atoms with Crippen LogP contribution in [-0.2, 0) is 36.0 Å². The van der Waals surface area contributed by atoms with Crippen LogP contribution in [0, 0.1) is 5.92 Å².